The molecule has 0 spiro atoms. The highest BCUT2D eigenvalue weighted by Crippen LogP contribution is 2.38. The van der Waals surface area contributed by atoms with E-state index in [1.54, 1.807) is 0 Å². The number of anilines is 2. The van der Waals surface area contributed by atoms with Crippen LogP contribution in [0.15, 0.2) is 12.1 Å². The number of likely N-dealkylation sites (tertiary alicyclic amines) is 1. The van der Waals surface area contributed by atoms with E-state index in [4.69, 9.17) is 21.4 Å². The number of halogens is 1. The van der Waals surface area contributed by atoms with E-state index in [9.17, 15) is 14.4 Å². The van der Waals surface area contributed by atoms with E-state index in [2.05, 4.69) is 10.6 Å². The summed E-state index contributed by atoms with van der Waals surface area (Å²) >= 11 is 6.01. The summed E-state index contributed by atoms with van der Waals surface area (Å²) in [6.45, 7) is 0.486. The lowest BCUT2D eigenvalue weighted by Gasteiger charge is -2.31. The number of nitrogens with one attached hydrogen (secondary N) is 2. The van der Waals surface area contributed by atoms with Gasteiger partial charge in [-0.05, 0) is 25.0 Å². The first-order valence-electron chi connectivity index (χ1n) is 7.49. The van der Waals surface area contributed by atoms with Crippen LogP contribution >= 0.6 is 11.6 Å². The van der Waals surface area contributed by atoms with Crippen LogP contribution in [0.1, 0.15) is 12.8 Å². The topological polar surface area (TPSA) is 108 Å². The number of carbonyl (C=O) groups is 3. The van der Waals surface area contributed by atoms with Crippen molar-refractivity contribution in [3.8, 4) is 5.75 Å². The monoisotopic (exact) mass is 353 g/mol. The molecule has 1 fully saturated rings. The van der Waals surface area contributed by atoms with Gasteiger partial charge in [-0.3, -0.25) is 9.59 Å². The van der Waals surface area contributed by atoms with E-state index in [1.165, 1.54) is 17.0 Å². The number of benzene rings is 1. The number of hydrogen-bond donors (Lipinski definition) is 3. The van der Waals surface area contributed by atoms with Crippen LogP contribution in [0, 0.1) is 5.92 Å². The molecule has 0 aliphatic carbocycles. The predicted octanol–water partition coefficient (Wildman–Crippen LogP) is 2.00. The maximum atomic E-state index is 12.4. The van der Waals surface area contributed by atoms with Crippen LogP contribution in [0.2, 0.25) is 5.02 Å². The Labute approximate surface area is 142 Å². The number of fused-ring (bicyclic) bond motifs is 1. The molecule has 2 aliphatic rings. The summed E-state index contributed by atoms with van der Waals surface area (Å²) in [5.41, 5.74) is 0.719. The van der Waals surface area contributed by atoms with Crippen LogP contribution in [0.25, 0.3) is 0 Å². The van der Waals surface area contributed by atoms with Gasteiger partial charge < -0.3 is 25.4 Å². The van der Waals surface area contributed by atoms with Gasteiger partial charge in [0.2, 0.25) is 0 Å². The van der Waals surface area contributed by atoms with E-state index >= 15 is 0 Å². The van der Waals surface area contributed by atoms with Gasteiger partial charge in [0.15, 0.2) is 12.4 Å². The Morgan fingerprint density at radius 1 is 1.42 bits per heavy atom. The molecule has 3 rings (SSSR count). The number of nitrogens with zero attached hydrogens (tertiary/aromatic N) is 1. The number of hydrogen-bond acceptors (Lipinski definition) is 4. The van der Waals surface area contributed by atoms with Crippen LogP contribution in [0.3, 0.4) is 0 Å². The van der Waals surface area contributed by atoms with Gasteiger partial charge in [0.25, 0.3) is 5.91 Å². The summed E-state index contributed by atoms with van der Waals surface area (Å²) in [7, 11) is 0. The molecule has 2 aliphatic heterocycles. The average molecular weight is 354 g/mol. The standard InChI is InChI=1S/C15H16ClN3O5/c16-9-4-10-13(24-7-12(20)17-10)11(5-9)18-15(23)19-3-1-2-8(6-19)14(21)22/h4-5,8H,1-3,6-7H2,(H,17,20)(H,18,23)(H,21,22). The number of piperidine rings is 1. The fourth-order valence-electron chi connectivity index (χ4n) is 2.82. The zero-order valence-corrected chi connectivity index (χ0v) is 13.4. The van der Waals surface area contributed by atoms with E-state index in [1.807, 2.05) is 0 Å². The zero-order valence-electron chi connectivity index (χ0n) is 12.7. The highest BCUT2D eigenvalue weighted by Gasteiger charge is 2.29. The zero-order chi connectivity index (χ0) is 17.3. The van der Waals surface area contributed by atoms with Crippen molar-refractivity contribution in [2.45, 2.75) is 12.8 Å². The van der Waals surface area contributed by atoms with Gasteiger partial charge in [0.1, 0.15) is 0 Å². The molecule has 1 saturated heterocycles. The second kappa shape index (κ2) is 6.56. The predicted molar refractivity (Wildman–Crippen MR) is 86.5 cm³/mol. The van der Waals surface area contributed by atoms with Crippen molar-refractivity contribution in [3.05, 3.63) is 17.2 Å². The number of aliphatic carboxylic acids is 1. The van der Waals surface area contributed by atoms with Gasteiger partial charge in [-0.2, -0.15) is 0 Å². The minimum atomic E-state index is -0.904. The first-order valence-corrected chi connectivity index (χ1v) is 7.87. The van der Waals surface area contributed by atoms with Crippen LogP contribution in [-0.4, -0.2) is 47.6 Å². The SMILES string of the molecule is O=C1COc2c(cc(Cl)cc2NC(=O)N2CCCC(C(=O)O)C2)N1. The van der Waals surface area contributed by atoms with Crippen molar-refractivity contribution < 1.29 is 24.2 Å². The van der Waals surface area contributed by atoms with E-state index < -0.39 is 17.9 Å². The minimum Gasteiger partial charge on any atom is -0.481 e. The number of urea groups is 1. The highest BCUT2D eigenvalue weighted by atomic mass is 35.5. The normalized spacial score (nSPS) is 19.8. The molecule has 1 aromatic carbocycles. The Bertz CT molecular complexity index is 709. The first kappa shape index (κ1) is 16.4. The van der Waals surface area contributed by atoms with Crippen molar-refractivity contribution in [2.24, 2.45) is 5.92 Å². The van der Waals surface area contributed by atoms with Crippen molar-refractivity contribution in [1.82, 2.24) is 4.90 Å². The molecule has 8 nitrogen and oxygen atoms in total. The number of carbonyl (C=O) groups excluding carboxylic acids is 2. The molecule has 0 bridgehead atoms. The lowest BCUT2D eigenvalue weighted by Crippen LogP contribution is -2.44. The Balaban J connectivity index is 1.77. The third-order valence-electron chi connectivity index (χ3n) is 3.97. The van der Waals surface area contributed by atoms with Crippen LogP contribution < -0.4 is 15.4 Å². The number of carboxylic acids is 1. The van der Waals surface area contributed by atoms with Crippen molar-refractivity contribution in [3.63, 3.8) is 0 Å². The average Bonchev–Trinajstić information content (AvgIpc) is 2.54. The summed E-state index contributed by atoms with van der Waals surface area (Å²) < 4.78 is 5.37. The number of ether oxygens (including phenoxy) is 1. The van der Waals surface area contributed by atoms with Crippen LogP contribution in [-0.2, 0) is 9.59 Å². The summed E-state index contributed by atoms with van der Waals surface area (Å²) in [6.07, 6.45) is 1.19. The van der Waals surface area contributed by atoms with Gasteiger partial charge >= 0.3 is 12.0 Å². The molecule has 0 aromatic heterocycles. The minimum absolute atomic E-state index is 0.150. The fourth-order valence-corrected chi connectivity index (χ4v) is 3.03. The second-order valence-electron chi connectivity index (χ2n) is 5.72. The third-order valence-corrected chi connectivity index (χ3v) is 4.19. The molecule has 24 heavy (non-hydrogen) atoms. The molecule has 3 N–H and O–H groups in total. The van der Waals surface area contributed by atoms with Crippen LogP contribution in [0.5, 0.6) is 5.75 Å². The lowest BCUT2D eigenvalue weighted by molar-refractivity contribution is -0.143. The first-order chi connectivity index (χ1) is 11.4. The van der Waals surface area contributed by atoms with E-state index in [0.29, 0.717) is 41.5 Å². The van der Waals surface area contributed by atoms with Crippen molar-refractivity contribution in [2.75, 3.05) is 30.3 Å². The quantitative estimate of drug-likeness (QED) is 0.753. The molecular formula is C15H16ClN3O5. The highest BCUT2D eigenvalue weighted by molar-refractivity contribution is 6.31. The molecule has 0 saturated carbocycles. The Kier molecular flexibility index (Phi) is 4.48. The lowest BCUT2D eigenvalue weighted by atomic mass is 9.99. The van der Waals surface area contributed by atoms with Crippen LogP contribution in [0.4, 0.5) is 16.2 Å². The summed E-state index contributed by atoms with van der Waals surface area (Å²) in [4.78, 5) is 36.4. The molecule has 3 amide bonds. The molecule has 9 heteroatoms. The number of carboxylic acid groups (broad SMARTS) is 1. The Morgan fingerprint density at radius 2 is 2.21 bits per heavy atom. The summed E-state index contributed by atoms with van der Waals surface area (Å²) in [5, 5.41) is 14.8. The maximum Gasteiger partial charge on any atom is 0.321 e. The van der Waals surface area contributed by atoms with Gasteiger partial charge in [-0.1, -0.05) is 11.6 Å². The molecule has 1 unspecified atom stereocenters. The molecule has 1 aromatic rings. The van der Waals surface area contributed by atoms with Crippen molar-refractivity contribution >= 4 is 40.9 Å². The molecule has 2 heterocycles. The molecule has 128 valence electrons. The molecule has 1 atom stereocenters. The van der Waals surface area contributed by atoms with Gasteiger partial charge in [0.05, 0.1) is 17.3 Å². The van der Waals surface area contributed by atoms with E-state index in [-0.39, 0.29) is 19.1 Å². The molecule has 0 radical (unpaired) electrons. The fraction of sp³-hybridized carbons (Fsp3) is 0.400. The Morgan fingerprint density at radius 3 is 2.96 bits per heavy atom. The third kappa shape index (κ3) is 3.38. The number of amides is 3. The summed E-state index contributed by atoms with van der Waals surface area (Å²) in [6, 6.07) is 2.63. The van der Waals surface area contributed by atoms with Gasteiger partial charge in [0, 0.05) is 18.1 Å². The maximum absolute atomic E-state index is 12.4. The molecular weight excluding hydrogens is 338 g/mol. The second-order valence-corrected chi connectivity index (χ2v) is 6.16. The number of rotatable bonds is 2. The van der Waals surface area contributed by atoms with Gasteiger partial charge in [-0.25, -0.2) is 4.79 Å². The summed E-state index contributed by atoms with van der Waals surface area (Å²) in [5.74, 6) is -1.44. The van der Waals surface area contributed by atoms with E-state index in [0.717, 1.165) is 0 Å². The Hall–Kier alpha value is -2.48. The van der Waals surface area contributed by atoms with Crippen molar-refractivity contribution in [1.29, 1.82) is 0 Å². The smallest absolute Gasteiger partial charge is 0.321 e. The van der Waals surface area contributed by atoms with Gasteiger partial charge in [-0.15, -0.1) is 0 Å². The largest absolute Gasteiger partial charge is 0.481 e.